The zero-order valence-electron chi connectivity index (χ0n) is 10.9. The molecule has 5 nitrogen and oxygen atoms in total. The fourth-order valence-corrected chi connectivity index (χ4v) is 2.76. The number of nitro groups is 1. The molecule has 0 spiro atoms. The Morgan fingerprint density at radius 3 is 2.95 bits per heavy atom. The van der Waals surface area contributed by atoms with Gasteiger partial charge in [-0.1, -0.05) is 17.7 Å². The van der Waals surface area contributed by atoms with E-state index in [4.69, 9.17) is 17.3 Å². The van der Waals surface area contributed by atoms with Crippen LogP contribution in [0.1, 0.15) is 18.9 Å². The normalized spacial score (nSPS) is 21.5. The van der Waals surface area contributed by atoms with E-state index in [9.17, 15) is 10.1 Å². The van der Waals surface area contributed by atoms with Crippen LogP contribution >= 0.6 is 11.6 Å². The van der Waals surface area contributed by atoms with Crippen molar-refractivity contribution in [1.29, 1.82) is 0 Å². The summed E-state index contributed by atoms with van der Waals surface area (Å²) in [6.45, 7) is 4.31. The predicted octanol–water partition coefficient (Wildman–Crippen LogP) is 2.42. The summed E-state index contributed by atoms with van der Waals surface area (Å²) in [5, 5.41) is 11.5. The number of nitrogens with two attached hydrogens (primary N) is 1. The van der Waals surface area contributed by atoms with Crippen molar-refractivity contribution in [1.82, 2.24) is 4.90 Å². The number of hydrogen-bond acceptors (Lipinski definition) is 4. The molecule has 2 N–H and O–H groups in total. The van der Waals surface area contributed by atoms with Crippen molar-refractivity contribution in [2.75, 3.05) is 13.1 Å². The quantitative estimate of drug-likeness (QED) is 0.680. The van der Waals surface area contributed by atoms with Gasteiger partial charge in [0.1, 0.15) is 0 Å². The van der Waals surface area contributed by atoms with Gasteiger partial charge in [0.05, 0.1) is 15.5 Å². The first kappa shape index (κ1) is 14.2. The first-order chi connectivity index (χ1) is 8.99. The van der Waals surface area contributed by atoms with Crippen LogP contribution in [0.3, 0.4) is 0 Å². The Hall–Kier alpha value is -1.17. The molecule has 1 aromatic rings. The predicted molar refractivity (Wildman–Crippen MR) is 75.1 cm³/mol. The van der Waals surface area contributed by atoms with Crippen LogP contribution in [0.5, 0.6) is 0 Å². The average Bonchev–Trinajstić information content (AvgIpc) is 2.80. The van der Waals surface area contributed by atoms with Crippen LogP contribution in [0.15, 0.2) is 18.2 Å². The van der Waals surface area contributed by atoms with Crippen LogP contribution < -0.4 is 5.73 Å². The van der Waals surface area contributed by atoms with E-state index < -0.39 is 0 Å². The molecule has 2 unspecified atom stereocenters. The fourth-order valence-electron chi connectivity index (χ4n) is 2.53. The maximum Gasteiger partial charge on any atom is 0.275 e. The SMILES string of the molecule is CC(N)C1CCN(Cc2c(Cl)cccc2[N+](=O)[O-])C1. The molecule has 1 aliphatic heterocycles. The molecule has 1 saturated heterocycles. The van der Waals surface area contributed by atoms with Gasteiger partial charge in [0.15, 0.2) is 0 Å². The van der Waals surface area contributed by atoms with Gasteiger partial charge in [0, 0.05) is 25.2 Å². The van der Waals surface area contributed by atoms with E-state index in [2.05, 4.69) is 4.90 Å². The fraction of sp³-hybridized carbons (Fsp3) is 0.538. The van der Waals surface area contributed by atoms with Gasteiger partial charge >= 0.3 is 0 Å². The lowest BCUT2D eigenvalue weighted by molar-refractivity contribution is -0.385. The third kappa shape index (κ3) is 3.23. The summed E-state index contributed by atoms with van der Waals surface area (Å²) in [5.41, 5.74) is 6.59. The van der Waals surface area contributed by atoms with Crippen molar-refractivity contribution in [2.45, 2.75) is 25.9 Å². The summed E-state index contributed by atoms with van der Waals surface area (Å²) in [6, 6.07) is 4.97. The van der Waals surface area contributed by atoms with E-state index in [1.807, 2.05) is 6.92 Å². The highest BCUT2D eigenvalue weighted by Gasteiger charge is 2.27. The molecule has 1 heterocycles. The van der Waals surface area contributed by atoms with Crippen molar-refractivity contribution in [3.8, 4) is 0 Å². The smallest absolute Gasteiger partial charge is 0.275 e. The van der Waals surface area contributed by atoms with Gasteiger partial charge in [-0.15, -0.1) is 0 Å². The van der Waals surface area contributed by atoms with E-state index >= 15 is 0 Å². The number of rotatable bonds is 4. The second kappa shape index (κ2) is 5.86. The van der Waals surface area contributed by atoms with Gasteiger partial charge in [0.2, 0.25) is 0 Å². The Morgan fingerprint density at radius 1 is 1.63 bits per heavy atom. The second-order valence-electron chi connectivity index (χ2n) is 5.14. The van der Waals surface area contributed by atoms with E-state index in [0.717, 1.165) is 19.5 Å². The zero-order chi connectivity index (χ0) is 14.0. The van der Waals surface area contributed by atoms with Crippen molar-refractivity contribution < 1.29 is 4.92 Å². The van der Waals surface area contributed by atoms with Gasteiger partial charge in [-0.2, -0.15) is 0 Å². The average molecular weight is 284 g/mol. The van der Waals surface area contributed by atoms with Gasteiger partial charge in [0.25, 0.3) is 5.69 Å². The molecule has 0 saturated carbocycles. The van der Waals surface area contributed by atoms with Crippen molar-refractivity contribution >= 4 is 17.3 Å². The lowest BCUT2D eigenvalue weighted by Crippen LogP contribution is -2.29. The third-order valence-electron chi connectivity index (χ3n) is 3.72. The van der Waals surface area contributed by atoms with Gasteiger partial charge in [-0.25, -0.2) is 0 Å². The van der Waals surface area contributed by atoms with E-state index in [-0.39, 0.29) is 16.7 Å². The lowest BCUT2D eigenvalue weighted by atomic mass is 10.0. The van der Waals surface area contributed by atoms with Crippen LogP contribution in [0.25, 0.3) is 0 Å². The first-order valence-electron chi connectivity index (χ1n) is 6.38. The van der Waals surface area contributed by atoms with E-state index in [1.54, 1.807) is 12.1 Å². The number of likely N-dealkylation sites (tertiary alicyclic amines) is 1. The Morgan fingerprint density at radius 2 is 2.37 bits per heavy atom. The molecule has 0 bridgehead atoms. The second-order valence-corrected chi connectivity index (χ2v) is 5.54. The molecule has 0 aromatic heterocycles. The van der Waals surface area contributed by atoms with Crippen LogP contribution in [0, 0.1) is 16.0 Å². The summed E-state index contributed by atoms with van der Waals surface area (Å²) < 4.78 is 0. The molecular formula is C13H18ClN3O2. The summed E-state index contributed by atoms with van der Waals surface area (Å²) in [7, 11) is 0. The highest BCUT2D eigenvalue weighted by atomic mass is 35.5. The summed E-state index contributed by atoms with van der Waals surface area (Å²) >= 11 is 6.10. The van der Waals surface area contributed by atoms with Crippen LogP contribution in [0.4, 0.5) is 5.69 Å². The molecule has 0 radical (unpaired) electrons. The summed E-state index contributed by atoms with van der Waals surface area (Å²) in [5.74, 6) is 0.460. The minimum absolute atomic E-state index is 0.0942. The molecular weight excluding hydrogens is 266 g/mol. The number of halogens is 1. The van der Waals surface area contributed by atoms with Gasteiger partial charge < -0.3 is 5.73 Å². The molecule has 19 heavy (non-hydrogen) atoms. The molecule has 1 fully saturated rings. The topological polar surface area (TPSA) is 72.4 Å². The number of nitrogens with zero attached hydrogens (tertiary/aromatic N) is 2. The molecule has 0 amide bonds. The highest BCUT2D eigenvalue weighted by molar-refractivity contribution is 6.31. The van der Waals surface area contributed by atoms with Crippen molar-refractivity contribution in [3.05, 3.63) is 38.9 Å². The van der Waals surface area contributed by atoms with E-state index in [1.165, 1.54) is 6.07 Å². The zero-order valence-corrected chi connectivity index (χ0v) is 11.6. The van der Waals surface area contributed by atoms with Gasteiger partial charge in [-0.05, 0) is 31.9 Å². The number of hydrogen-bond donors (Lipinski definition) is 1. The van der Waals surface area contributed by atoms with Crippen molar-refractivity contribution in [2.24, 2.45) is 11.7 Å². The van der Waals surface area contributed by atoms with Crippen LogP contribution in [-0.2, 0) is 6.54 Å². The van der Waals surface area contributed by atoms with Gasteiger partial charge in [-0.3, -0.25) is 15.0 Å². The monoisotopic (exact) mass is 283 g/mol. The van der Waals surface area contributed by atoms with Crippen molar-refractivity contribution in [3.63, 3.8) is 0 Å². The summed E-state index contributed by atoms with van der Waals surface area (Å²) in [4.78, 5) is 12.8. The molecule has 6 heteroatoms. The van der Waals surface area contributed by atoms with Crippen LogP contribution in [-0.4, -0.2) is 29.0 Å². The third-order valence-corrected chi connectivity index (χ3v) is 4.08. The Bertz CT molecular complexity index is 479. The Labute approximate surface area is 117 Å². The molecule has 0 aliphatic carbocycles. The van der Waals surface area contributed by atoms with E-state index in [0.29, 0.717) is 23.0 Å². The minimum Gasteiger partial charge on any atom is -0.328 e. The molecule has 104 valence electrons. The molecule has 2 atom stereocenters. The number of nitro benzene ring substituents is 1. The molecule has 1 aromatic carbocycles. The largest absolute Gasteiger partial charge is 0.328 e. The molecule has 2 rings (SSSR count). The summed E-state index contributed by atoms with van der Waals surface area (Å²) in [6.07, 6.45) is 1.04. The number of benzene rings is 1. The standard InChI is InChI=1S/C13H18ClN3O2/c1-9(15)10-5-6-16(7-10)8-11-12(14)3-2-4-13(11)17(18)19/h2-4,9-10H,5-8,15H2,1H3. The maximum absolute atomic E-state index is 11.0. The Balaban J connectivity index is 2.14. The lowest BCUT2D eigenvalue weighted by Gasteiger charge is -2.18. The maximum atomic E-state index is 11.0. The first-order valence-corrected chi connectivity index (χ1v) is 6.76. The Kier molecular flexibility index (Phi) is 4.39. The van der Waals surface area contributed by atoms with Crippen LogP contribution in [0.2, 0.25) is 5.02 Å². The highest BCUT2D eigenvalue weighted by Crippen LogP contribution is 2.29. The minimum atomic E-state index is -0.375. The molecule has 1 aliphatic rings.